The average molecular weight is 302 g/mol. The first kappa shape index (κ1) is 16.8. The van der Waals surface area contributed by atoms with Crippen LogP contribution in [0.3, 0.4) is 0 Å². The molecular formula is C16H25Cl2N. The van der Waals surface area contributed by atoms with Crippen molar-refractivity contribution in [2.75, 3.05) is 6.54 Å². The highest BCUT2D eigenvalue weighted by molar-refractivity contribution is 6.42. The molecule has 0 bridgehead atoms. The summed E-state index contributed by atoms with van der Waals surface area (Å²) in [4.78, 5) is 0. The van der Waals surface area contributed by atoms with Crippen molar-refractivity contribution < 1.29 is 0 Å². The quantitative estimate of drug-likeness (QED) is 0.683. The summed E-state index contributed by atoms with van der Waals surface area (Å²) in [5.74, 6) is 0.672. The minimum Gasteiger partial charge on any atom is -0.313 e. The van der Waals surface area contributed by atoms with Gasteiger partial charge in [-0.05, 0) is 49.4 Å². The van der Waals surface area contributed by atoms with Crippen LogP contribution in [0.2, 0.25) is 10.0 Å². The van der Waals surface area contributed by atoms with Gasteiger partial charge >= 0.3 is 0 Å². The summed E-state index contributed by atoms with van der Waals surface area (Å²) in [6.07, 6.45) is 4.66. The fourth-order valence-electron chi connectivity index (χ4n) is 2.38. The van der Waals surface area contributed by atoms with E-state index in [2.05, 4.69) is 32.2 Å². The van der Waals surface area contributed by atoms with Crippen LogP contribution in [0.1, 0.15) is 45.6 Å². The smallest absolute Gasteiger partial charge is 0.0595 e. The van der Waals surface area contributed by atoms with Crippen LogP contribution in [0.15, 0.2) is 18.2 Å². The number of benzene rings is 1. The van der Waals surface area contributed by atoms with E-state index in [1.165, 1.54) is 18.4 Å². The molecule has 2 atom stereocenters. The topological polar surface area (TPSA) is 12.0 Å². The van der Waals surface area contributed by atoms with Crippen molar-refractivity contribution in [1.82, 2.24) is 5.32 Å². The summed E-state index contributed by atoms with van der Waals surface area (Å²) in [7, 11) is 0. The van der Waals surface area contributed by atoms with Gasteiger partial charge in [-0.1, -0.05) is 56.5 Å². The maximum atomic E-state index is 6.09. The van der Waals surface area contributed by atoms with Gasteiger partial charge in [-0.2, -0.15) is 0 Å². The van der Waals surface area contributed by atoms with Gasteiger partial charge < -0.3 is 5.32 Å². The summed E-state index contributed by atoms with van der Waals surface area (Å²) < 4.78 is 0. The Kier molecular flexibility index (Phi) is 7.82. The maximum Gasteiger partial charge on any atom is 0.0595 e. The average Bonchev–Trinajstić information content (AvgIpc) is 2.39. The third-order valence-electron chi connectivity index (χ3n) is 3.53. The van der Waals surface area contributed by atoms with Crippen LogP contribution in [0.25, 0.3) is 0 Å². The fourth-order valence-corrected chi connectivity index (χ4v) is 2.70. The molecule has 0 aliphatic carbocycles. The minimum atomic E-state index is 0.511. The second kappa shape index (κ2) is 8.84. The second-order valence-electron chi connectivity index (χ2n) is 5.28. The van der Waals surface area contributed by atoms with Crippen LogP contribution in [-0.4, -0.2) is 12.6 Å². The van der Waals surface area contributed by atoms with E-state index in [1.54, 1.807) is 0 Å². The molecular weight excluding hydrogens is 277 g/mol. The van der Waals surface area contributed by atoms with Gasteiger partial charge in [0, 0.05) is 6.04 Å². The minimum absolute atomic E-state index is 0.511. The Labute approximate surface area is 127 Å². The fraction of sp³-hybridized carbons (Fsp3) is 0.625. The molecule has 0 amide bonds. The molecule has 1 nitrogen and oxygen atoms in total. The first-order valence-corrected chi connectivity index (χ1v) is 8.01. The van der Waals surface area contributed by atoms with E-state index in [4.69, 9.17) is 23.2 Å². The first-order valence-electron chi connectivity index (χ1n) is 7.25. The molecule has 108 valence electrons. The van der Waals surface area contributed by atoms with Gasteiger partial charge in [0.1, 0.15) is 0 Å². The van der Waals surface area contributed by atoms with E-state index in [1.807, 2.05) is 12.1 Å². The van der Waals surface area contributed by atoms with Crippen molar-refractivity contribution in [3.63, 3.8) is 0 Å². The van der Waals surface area contributed by atoms with Gasteiger partial charge in [0.15, 0.2) is 0 Å². The van der Waals surface area contributed by atoms with Crippen LogP contribution in [0.4, 0.5) is 0 Å². The largest absolute Gasteiger partial charge is 0.313 e. The van der Waals surface area contributed by atoms with Crippen molar-refractivity contribution in [3.8, 4) is 0 Å². The van der Waals surface area contributed by atoms with Crippen molar-refractivity contribution in [2.24, 2.45) is 5.92 Å². The first-order chi connectivity index (χ1) is 9.08. The van der Waals surface area contributed by atoms with Crippen LogP contribution >= 0.6 is 23.2 Å². The molecule has 1 aromatic carbocycles. The Morgan fingerprint density at radius 3 is 2.42 bits per heavy atom. The predicted octanol–water partition coefficient (Wildman–Crippen LogP) is 5.34. The molecule has 1 rings (SSSR count). The van der Waals surface area contributed by atoms with E-state index in [-0.39, 0.29) is 0 Å². The Balaban J connectivity index is 2.71. The molecule has 2 unspecified atom stereocenters. The number of rotatable bonds is 8. The van der Waals surface area contributed by atoms with Gasteiger partial charge in [0.05, 0.1) is 10.0 Å². The molecule has 1 N–H and O–H groups in total. The third kappa shape index (κ3) is 5.72. The zero-order chi connectivity index (χ0) is 14.3. The van der Waals surface area contributed by atoms with Gasteiger partial charge in [-0.25, -0.2) is 0 Å². The van der Waals surface area contributed by atoms with Crippen LogP contribution < -0.4 is 5.32 Å². The lowest BCUT2D eigenvalue weighted by molar-refractivity contribution is 0.352. The van der Waals surface area contributed by atoms with Crippen LogP contribution in [0.5, 0.6) is 0 Å². The van der Waals surface area contributed by atoms with Gasteiger partial charge in [0.2, 0.25) is 0 Å². The van der Waals surface area contributed by atoms with Gasteiger partial charge in [0.25, 0.3) is 0 Å². The molecule has 19 heavy (non-hydrogen) atoms. The monoisotopic (exact) mass is 301 g/mol. The van der Waals surface area contributed by atoms with Crippen molar-refractivity contribution in [2.45, 2.75) is 52.5 Å². The van der Waals surface area contributed by atoms with Gasteiger partial charge in [-0.3, -0.25) is 0 Å². The third-order valence-corrected chi connectivity index (χ3v) is 4.27. The molecule has 0 radical (unpaired) electrons. The molecule has 0 aliphatic heterocycles. The Morgan fingerprint density at radius 1 is 1.11 bits per heavy atom. The van der Waals surface area contributed by atoms with Crippen molar-refractivity contribution in [3.05, 3.63) is 33.8 Å². The van der Waals surface area contributed by atoms with Crippen LogP contribution in [0, 0.1) is 5.92 Å². The highest BCUT2D eigenvalue weighted by atomic mass is 35.5. The molecule has 3 heteroatoms. The highest BCUT2D eigenvalue weighted by Gasteiger charge is 2.16. The Morgan fingerprint density at radius 2 is 1.84 bits per heavy atom. The zero-order valence-corrected chi connectivity index (χ0v) is 13.7. The number of halogens is 2. The number of hydrogen-bond donors (Lipinski definition) is 1. The van der Waals surface area contributed by atoms with Crippen molar-refractivity contribution in [1.29, 1.82) is 0 Å². The molecule has 0 heterocycles. The number of nitrogens with one attached hydrogen (secondary N) is 1. The Bertz CT molecular complexity index is 379. The van der Waals surface area contributed by atoms with Crippen LogP contribution in [-0.2, 0) is 6.42 Å². The van der Waals surface area contributed by atoms with Gasteiger partial charge in [-0.15, -0.1) is 0 Å². The van der Waals surface area contributed by atoms with E-state index in [9.17, 15) is 0 Å². The lowest BCUT2D eigenvalue weighted by atomic mass is 9.91. The zero-order valence-electron chi connectivity index (χ0n) is 12.2. The molecule has 1 aromatic rings. The summed E-state index contributed by atoms with van der Waals surface area (Å²) >= 11 is 12.1. The summed E-state index contributed by atoms with van der Waals surface area (Å²) in [5.41, 5.74) is 1.26. The predicted molar refractivity (Wildman–Crippen MR) is 86.3 cm³/mol. The summed E-state index contributed by atoms with van der Waals surface area (Å²) in [5, 5.41) is 4.94. The SMILES string of the molecule is CCCNC(Cc1ccc(Cl)c(Cl)c1)C(C)CCC. The molecule has 0 spiro atoms. The summed E-state index contributed by atoms with van der Waals surface area (Å²) in [6.45, 7) is 7.84. The lowest BCUT2D eigenvalue weighted by Crippen LogP contribution is -2.37. The molecule has 0 saturated heterocycles. The summed E-state index contributed by atoms with van der Waals surface area (Å²) in [6, 6.07) is 6.47. The van der Waals surface area contributed by atoms with E-state index < -0.39 is 0 Å². The maximum absolute atomic E-state index is 6.09. The van der Waals surface area contributed by atoms with E-state index in [0.29, 0.717) is 22.0 Å². The van der Waals surface area contributed by atoms with E-state index >= 15 is 0 Å². The molecule has 0 saturated carbocycles. The molecule has 0 aliphatic rings. The molecule has 0 fully saturated rings. The standard InChI is InChI=1S/C16H25Cl2N/c1-4-6-12(3)16(19-9-5-2)11-13-7-8-14(17)15(18)10-13/h7-8,10,12,16,19H,4-6,9,11H2,1-3H3. The number of hydrogen-bond acceptors (Lipinski definition) is 1. The highest BCUT2D eigenvalue weighted by Crippen LogP contribution is 2.24. The molecule has 0 aromatic heterocycles. The Hall–Kier alpha value is -0.240. The second-order valence-corrected chi connectivity index (χ2v) is 6.09. The lowest BCUT2D eigenvalue weighted by Gasteiger charge is -2.25. The normalized spacial score (nSPS) is 14.4. The van der Waals surface area contributed by atoms with E-state index in [0.717, 1.165) is 19.4 Å². The van der Waals surface area contributed by atoms with Crippen molar-refractivity contribution >= 4 is 23.2 Å².